The Hall–Kier alpha value is -0.554. The summed E-state index contributed by atoms with van der Waals surface area (Å²) in [5, 5.41) is 4.27. The molecule has 0 unspecified atom stereocenters. The van der Waals surface area contributed by atoms with Gasteiger partial charge in [-0.25, -0.2) is 16.8 Å². The van der Waals surface area contributed by atoms with Gasteiger partial charge in [0.1, 0.15) is 4.70 Å². The smallest absolute Gasteiger partial charge is 0.748 e. The van der Waals surface area contributed by atoms with Gasteiger partial charge in [-0.1, -0.05) is 59.0 Å². The first-order valence-corrected chi connectivity index (χ1v) is 16.8. The first-order chi connectivity index (χ1) is 18.0. The summed E-state index contributed by atoms with van der Waals surface area (Å²) >= 11 is 9.30. The van der Waals surface area contributed by atoms with Crippen LogP contribution in [0.2, 0.25) is 5.02 Å². The number of nitrogens with zero attached hydrogens (tertiary/aromatic N) is 2. The third-order valence-corrected chi connectivity index (χ3v) is 10.1. The van der Waals surface area contributed by atoms with Crippen LogP contribution in [-0.4, -0.2) is 44.0 Å². The van der Waals surface area contributed by atoms with Crippen LogP contribution in [0.5, 0.6) is 0 Å². The van der Waals surface area contributed by atoms with Gasteiger partial charge in [0.05, 0.1) is 42.4 Å². The Morgan fingerprint density at radius 3 is 2.41 bits per heavy atom. The number of benzene rings is 3. The molecule has 0 N–H and O–H groups in total. The summed E-state index contributed by atoms with van der Waals surface area (Å²) in [5.74, 6) is -0.942. The van der Waals surface area contributed by atoms with Gasteiger partial charge in [-0.3, -0.25) is 0 Å². The Labute approximate surface area is 283 Å². The van der Waals surface area contributed by atoms with Gasteiger partial charge in [-0.05, 0) is 42.1 Å². The van der Waals surface area contributed by atoms with Gasteiger partial charge >= 0.3 is 51.4 Å². The second-order valence-corrected chi connectivity index (χ2v) is 14.4. The summed E-state index contributed by atoms with van der Waals surface area (Å²) in [4.78, 5) is 2.90. The SMILES string of the molecule is O=S(=O)([O-])CCCN1C(=Cc2sc3ccc4ccccc4c3[n+]2CCCS(=O)(=O)[O-])Sc2ccc(Cl)cc21.[K+]. The third kappa shape index (κ3) is 7.65. The Morgan fingerprint density at radius 1 is 0.949 bits per heavy atom. The van der Waals surface area contributed by atoms with E-state index >= 15 is 0 Å². The molecule has 8 nitrogen and oxygen atoms in total. The largest absolute Gasteiger partial charge is 1.00 e. The molecular formula is C25H22ClKN2O6S4. The maximum absolute atomic E-state index is 11.3. The number of thiazole rings is 1. The molecule has 14 heteroatoms. The zero-order chi connectivity index (χ0) is 27.1. The van der Waals surface area contributed by atoms with Crippen molar-refractivity contribution < 1.29 is 81.9 Å². The third-order valence-electron chi connectivity index (χ3n) is 6.11. The fraction of sp³-hybridized carbons (Fsp3) is 0.240. The van der Waals surface area contributed by atoms with E-state index in [1.165, 1.54) is 11.8 Å². The van der Waals surface area contributed by atoms with Crippen molar-refractivity contribution in [3.05, 3.63) is 69.7 Å². The standard InChI is InChI=1S/C25H23ClN2O6S4.K/c26-18-8-10-21-20(15-18)27(11-3-13-37(29,30)31)23(35-21)16-24-28(12-4-14-38(32,33)34)25-19-6-2-1-5-17(19)7-9-22(25)36-24;/h1-2,5-10,15-16H,3-4,11-14H2,(H-,29,30,31,32,33,34);/q;+1/p-1. The summed E-state index contributed by atoms with van der Waals surface area (Å²) in [6.07, 6.45) is 2.29. The monoisotopic (exact) mass is 648 g/mol. The minimum absolute atomic E-state index is 0. The van der Waals surface area contributed by atoms with Gasteiger partial charge in [0.25, 0.3) is 5.01 Å². The molecule has 1 aliphatic rings. The molecule has 0 bridgehead atoms. The molecule has 1 aliphatic heterocycles. The van der Waals surface area contributed by atoms with Gasteiger partial charge in [-0.15, -0.1) is 0 Å². The van der Waals surface area contributed by atoms with Crippen molar-refractivity contribution in [3.8, 4) is 0 Å². The van der Waals surface area contributed by atoms with Crippen molar-refractivity contribution in [2.24, 2.45) is 0 Å². The molecule has 39 heavy (non-hydrogen) atoms. The molecule has 0 saturated heterocycles. The van der Waals surface area contributed by atoms with Crippen LogP contribution in [0.3, 0.4) is 0 Å². The zero-order valence-electron chi connectivity index (χ0n) is 20.9. The van der Waals surface area contributed by atoms with Crippen molar-refractivity contribution >= 4 is 87.7 Å². The number of halogens is 1. The second kappa shape index (κ2) is 12.8. The fourth-order valence-corrected chi connectivity index (χ4v) is 7.97. The molecular weight excluding hydrogens is 627 g/mol. The molecule has 4 aromatic rings. The summed E-state index contributed by atoms with van der Waals surface area (Å²) in [6.45, 7) is 0.627. The van der Waals surface area contributed by atoms with Gasteiger partial charge in [0.2, 0.25) is 5.52 Å². The van der Waals surface area contributed by atoms with Crippen LogP contribution >= 0.6 is 34.7 Å². The van der Waals surface area contributed by atoms with E-state index in [4.69, 9.17) is 11.6 Å². The molecule has 0 atom stereocenters. The first-order valence-electron chi connectivity index (χ1n) is 11.7. The van der Waals surface area contributed by atoms with E-state index in [2.05, 4.69) is 0 Å². The molecule has 5 rings (SSSR count). The molecule has 0 fully saturated rings. The molecule has 3 aromatic carbocycles. The average Bonchev–Trinajstić information content (AvgIpc) is 3.35. The van der Waals surface area contributed by atoms with E-state index in [1.54, 1.807) is 17.4 Å². The number of rotatable bonds is 9. The van der Waals surface area contributed by atoms with E-state index in [9.17, 15) is 25.9 Å². The van der Waals surface area contributed by atoms with Gasteiger partial charge in [0, 0.05) is 34.4 Å². The summed E-state index contributed by atoms with van der Waals surface area (Å²) < 4.78 is 70.6. The number of hydrogen-bond donors (Lipinski definition) is 0. The molecule has 200 valence electrons. The zero-order valence-corrected chi connectivity index (χ0v) is 28.0. The Bertz CT molecular complexity index is 1790. The van der Waals surface area contributed by atoms with Crippen LogP contribution in [0.1, 0.15) is 17.8 Å². The van der Waals surface area contributed by atoms with Crippen LogP contribution in [0, 0.1) is 0 Å². The van der Waals surface area contributed by atoms with Gasteiger partial charge < -0.3 is 14.0 Å². The quantitative estimate of drug-likeness (QED) is 0.153. The number of hydrogen-bond acceptors (Lipinski definition) is 9. The van der Waals surface area contributed by atoms with Crippen LogP contribution < -0.4 is 60.9 Å². The normalized spacial score (nSPS) is 14.7. The number of fused-ring (bicyclic) bond motifs is 4. The maximum atomic E-state index is 11.3. The molecule has 0 saturated carbocycles. The molecule has 0 aliphatic carbocycles. The average molecular weight is 649 g/mol. The van der Waals surface area contributed by atoms with Crippen LogP contribution in [0.4, 0.5) is 5.69 Å². The van der Waals surface area contributed by atoms with E-state index in [1.807, 2.05) is 64.1 Å². The number of aryl methyl sites for hydroxylation is 1. The summed E-state index contributed by atoms with van der Waals surface area (Å²) in [6, 6.07) is 17.5. The predicted octanol–water partition coefficient (Wildman–Crippen LogP) is 1.78. The van der Waals surface area contributed by atoms with Gasteiger partial charge in [-0.2, -0.15) is 4.57 Å². The molecule has 0 spiro atoms. The van der Waals surface area contributed by atoms with Crippen molar-refractivity contribution in [1.82, 2.24) is 0 Å². The van der Waals surface area contributed by atoms with E-state index in [-0.39, 0.29) is 64.2 Å². The van der Waals surface area contributed by atoms with Crippen LogP contribution in [0.15, 0.2) is 64.5 Å². The fourth-order valence-electron chi connectivity index (χ4n) is 4.52. The Morgan fingerprint density at radius 2 is 1.67 bits per heavy atom. The van der Waals surface area contributed by atoms with Crippen molar-refractivity contribution in [3.63, 3.8) is 0 Å². The van der Waals surface area contributed by atoms with E-state index in [0.29, 0.717) is 18.1 Å². The van der Waals surface area contributed by atoms with E-state index < -0.39 is 31.7 Å². The molecule has 1 aromatic heterocycles. The second-order valence-electron chi connectivity index (χ2n) is 8.80. The Kier molecular flexibility index (Phi) is 10.3. The summed E-state index contributed by atoms with van der Waals surface area (Å²) in [7, 11) is -8.71. The summed E-state index contributed by atoms with van der Waals surface area (Å²) in [5.41, 5.74) is 1.78. The van der Waals surface area contributed by atoms with Crippen LogP contribution in [0.25, 0.3) is 27.1 Å². The topological polar surface area (TPSA) is 122 Å². The molecule has 0 amide bonds. The van der Waals surface area contributed by atoms with Crippen LogP contribution in [-0.2, 0) is 26.8 Å². The molecule has 0 radical (unpaired) electrons. The predicted molar refractivity (Wildman–Crippen MR) is 151 cm³/mol. The van der Waals surface area contributed by atoms with E-state index in [0.717, 1.165) is 41.6 Å². The number of aromatic nitrogens is 1. The minimum atomic E-state index is -4.35. The van der Waals surface area contributed by atoms with Crippen molar-refractivity contribution in [2.45, 2.75) is 24.3 Å². The Balaban J connectivity index is 0.00000353. The first kappa shape index (κ1) is 31.4. The maximum Gasteiger partial charge on any atom is 1.00 e. The van der Waals surface area contributed by atoms with Gasteiger partial charge in [0.15, 0.2) is 6.54 Å². The molecule has 2 heterocycles. The number of thioether (sulfide) groups is 1. The minimum Gasteiger partial charge on any atom is -0.748 e. The van der Waals surface area contributed by atoms with Crippen molar-refractivity contribution in [2.75, 3.05) is 23.0 Å². The number of anilines is 1. The van der Waals surface area contributed by atoms with Crippen molar-refractivity contribution in [1.29, 1.82) is 0 Å².